The average molecular weight is 403 g/mol. The molecule has 4 saturated heterocycles. The lowest BCUT2D eigenvalue weighted by Crippen LogP contribution is -2.73. The van der Waals surface area contributed by atoms with Gasteiger partial charge in [0, 0.05) is 13.5 Å². The first-order valence-corrected chi connectivity index (χ1v) is 10.7. The van der Waals surface area contributed by atoms with E-state index in [2.05, 4.69) is 6.07 Å². The molecule has 1 aromatic rings. The van der Waals surface area contributed by atoms with Crippen molar-refractivity contribution in [2.24, 2.45) is 5.41 Å². The second kappa shape index (κ2) is 5.06. The number of fused-ring (bicyclic) bond motifs is 3. The first-order valence-electron chi connectivity index (χ1n) is 8.56. The van der Waals surface area contributed by atoms with Gasteiger partial charge in [0.1, 0.15) is 0 Å². The van der Waals surface area contributed by atoms with Crippen LogP contribution in [-0.2, 0) is 9.59 Å². The highest BCUT2D eigenvalue weighted by atomic mass is 33.1. The molecule has 0 aromatic heterocycles. The lowest BCUT2D eigenvalue weighted by molar-refractivity contribution is -0.164. The quantitative estimate of drug-likeness (QED) is 0.666. The molecule has 0 unspecified atom stereocenters. The van der Waals surface area contributed by atoms with Crippen molar-refractivity contribution in [2.75, 3.05) is 13.8 Å². The van der Waals surface area contributed by atoms with Crippen molar-refractivity contribution in [1.29, 1.82) is 5.26 Å². The van der Waals surface area contributed by atoms with Crippen LogP contribution in [0.5, 0.6) is 11.5 Å². The van der Waals surface area contributed by atoms with Gasteiger partial charge in [0.2, 0.25) is 6.79 Å². The minimum atomic E-state index is -1.06. The number of ether oxygens (including phenoxy) is 2. The van der Waals surface area contributed by atoms with Gasteiger partial charge in [-0.1, -0.05) is 27.7 Å². The Balaban J connectivity index is 1.71. The fraction of sp³-hybridized carbons (Fsp3) is 0.500. The Morgan fingerprint density at radius 1 is 1.19 bits per heavy atom. The van der Waals surface area contributed by atoms with E-state index in [1.54, 1.807) is 24.9 Å². The van der Waals surface area contributed by atoms with E-state index in [9.17, 15) is 14.9 Å². The van der Waals surface area contributed by atoms with E-state index < -0.39 is 21.2 Å². The van der Waals surface area contributed by atoms with Crippen LogP contribution in [0.4, 0.5) is 0 Å². The summed E-state index contributed by atoms with van der Waals surface area (Å²) in [6, 6.07) is 7.35. The zero-order chi connectivity index (χ0) is 19.2. The van der Waals surface area contributed by atoms with Crippen LogP contribution >= 0.6 is 21.6 Å². The highest BCUT2D eigenvalue weighted by Crippen LogP contribution is 2.69. The first-order chi connectivity index (χ1) is 12.8. The highest BCUT2D eigenvalue weighted by molar-refractivity contribution is 8.78. The minimum Gasteiger partial charge on any atom is -0.454 e. The standard InChI is InChI=1S/C18H17N3O4S2/c1-16(8-19)7-18-15(23)20(3)17(2,26-27-18)14(22)21(18)13(16)10-4-5-11-12(6-10)25-9-24-11/h4-6,13H,7,9H2,1-3H3/t13-,16+,17+,18-/m1/s1. The normalized spacial score (nSPS) is 39.0. The number of piperazine rings is 1. The zero-order valence-corrected chi connectivity index (χ0v) is 16.6. The summed E-state index contributed by atoms with van der Waals surface area (Å²) in [5.74, 6) is 0.998. The lowest BCUT2D eigenvalue weighted by Gasteiger charge is -2.57. The number of benzene rings is 1. The molecule has 0 aliphatic carbocycles. The van der Waals surface area contributed by atoms with Crippen molar-refractivity contribution in [3.05, 3.63) is 23.8 Å². The van der Waals surface area contributed by atoms with Crippen molar-refractivity contribution in [2.45, 2.75) is 36.1 Å². The van der Waals surface area contributed by atoms with Gasteiger partial charge in [0.15, 0.2) is 21.2 Å². The van der Waals surface area contributed by atoms with Crippen molar-refractivity contribution in [3.63, 3.8) is 0 Å². The highest BCUT2D eigenvalue weighted by Gasteiger charge is 2.74. The molecule has 1 spiro atoms. The Morgan fingerprint density at radius 2 is 1.93 bits per heavy atom. The van der Waals surface area contributed by atoms with Gasteiger partial charge in [-0.15, -0.1) is 0 Å². The van der Waals surface area contributed by atoms with Crippen molar-refractivity contribution in [3.8, 4) is 17.6 Å². The fourth-order valence-corrected chi connectivity index (χ4v) is 8.08. The Kier molecular flexibility index (Phi) is 3.20. The van der Waals surface area contributed by atoms with Gasteiger partial charge in [-0.25, -0.2) is 0 Å². The predicted octanol–water partition coefficient (Wildman–Crippen LogP) is 2.50. The maximum absolute atomic E-state index is 13.5. The van der Waals surface area contributed by atoms with Crippen LogP contribution in [0.3, 0.4) is 0 Å². The van der Waals surface area contributed by atoms with E-state index in [-0.39, 0.29) is 25.0 Å². The molecule has 5 aliphatic rings. The second-order valence-corrected chi connectivity index (χ2v) is 10.5. The van der Waals surface area contributed by atoms with Crippen LogP contribution in [0.1, 0.15) is 31.9 Å². The number of carbonyl (C=O) groups is 2. The van der Waals surface area contributed by atoms with Gasteiger partial charge < -0.3 is 19.3 Å². The molecule has 0 saturated carbocycles. The predicted molar refractivity (Wildman–Crippen MR) is 99.6 cm³/mol. The smallest absolute Gasteiger partial charge is 0.261 e. The van der Waals surface area contributed by atoms with Gasteiger partial charge >= 0.3 is 0 Å². The summed E-state index contributed by atoms with van der Waals surface area (Å²) in [7, 11) is 4.49. The number of likely N-dealkylation sites (N-methyl/N-ethyl adjacent to an activating group) is 1. The molecule has 0 N–H and O–H groups in total. The van der Waals surface area contributed by atoms with E-state index in [1.807, 2.05) is 19.1 Å². The third-order valence-corrected chi connectivity index (χ3v) is 9.76. The van der Waals surface area contributed by atoms with Crippen LogP contribution in [0.15, 0.2) is 18.2 Å². The summed E-state index contributed by atoms with van der Waals surface area (Å²) < 4.78 is 10.9. The SMILES string of the molecule is CN1C(=O)[C@]23C[C@@](C)(C#N)[C@@H](c4ccc5c(c4)OCO5)N2C(=O)[C@]1(C)SS3. The molecule has 9 heteroatoms. The third-order valence-electron chi connectivity index (χ3n) is 6.06. The molecular formula is C18H17N3O4S2. The maximum Gasteiger partial charge on any atom is 0.261 e. The fourth-order valence-electron chi connectivity index (χ4n) is 4.50. The molecule has 5 heterocycles. The number of hydrogen-bond acceptors (Lipinski definition) is 7. The summed E-state index contributed by atoms with van der Waals surface area (Å²) in [6.45, 7) is 3.75. The van der Waals surface area contributed by atoms with E-state index in [0.29, 0.717) is 11.5 Å². The van der Waals surface area contributed by atoms with Gasteiger partial charge in [0.25, 0.3) is 11.8 Å². The third kappa shape index (κ3) is 1.85. The number of hydrogen-bond donors (Lipinski definition) is 0. The van der Waals surface area contributed by atoms with E-state index >= 15 is 0 Å². The molecule has 0 radical (unpaired) electrons. The van der Waals surface area contributed by atoms with Crippen LogP contribution in [0.25, 0.3) is 0 Å². The Labute approximate surface area is 164 Å². The summed E-state index contributed by atoms with van der Waals surface area (Å²) in [4.78, 5) is 27.9. The van der Waals surface area contributed by atoms with Gasteiger partial charge in [-0.3, -0.25) is 9.59 Å². The molecule has 7 nitrogen and oxygen atoms in total. The topological polar surface area (TPSA) is 82.9 Å². The number of amides is 2. The molecule has 6 rings (SSSR count). The zero-order valence-electron chi connectivity index (χ0n) is 15.0. The molecular weight excluding hydrogens is 386 g/mol. The minimum absolute atomic E-state index is 0.113. The molecule has 140 valence electrons. The Morgan fingerprint density at radius 3 is 2.67 bits per heavy atom. The molecule has 27 heavy (non-hydrogen) atoms. The molecule has 2 bridgehead atoms. The average Bonchev–Trinajstić information content (AvgIpc) is 3.23. The Hall–Kier alpha value is -2.05. The molecule has 4 fully saturated rings. The number of rotatable bonds is 1. The van der Waals surface area contributed by atoms with Crippen LogP contribution in [-0.4, -0.2) is 45.2 Å². The van der Waals surface area contributed by atoms with Gasteiger partial charge in [-0.2, -0.15) is 5.26 Å². The summed E-state index contributed by atoms with van der Waals surface area (Å²) in [6.07, 6.45) is 0.290. The van der Waals surface area contributed by atoms with Crippen LogP contribution in [0, 0.1) is 16.7 Å². The van der Waals surface area contributed by atoms with Crippen molar-refractivity contribution >= 4 is 33.4 Å². The first kappa shape index (κ1) is 17.1. The van der Waals surface area contributed by atoms with Gasteiger partial charge in [0.05, 0.1) is 17.5 Å². The van der Waals surface area contributed by atoms with Crippen molar-refractivity contribution < 1.29 is 19.1 Å². The lowest BCUT2D eigenvalue weighted by atomic mass is 9.79. The summed E-state index contributed by atoms with van der Waals surface area (Å²) >= 11 is 0. The molecule has 5 aliphatic heterocycles. The van der Waals surface area contributed by atoms with Gasteiger partial charge in [-0.05, 0) is 31.5 Å². The second-order valence-electron chi connectivity index (χ2n) is 7.69. The summed E-state index contributed by atoms with van der Waals surface area (Å²) in [5.41, 5.74) is -0.117. The maximum atomic E-state index is 13.5. The monoisotopic (exact) mass is 403 g/mol. The molecule has 1 aromatic carbocycles. The van der Waals surface area contributed by atoms with E-state index in [4.69, 9.17) is 9.47 Å². The number of nitrogens with zero attached hydrogens (tertiary/aromatic N) is 3. The van der Waals surface area contributed by atoms with E-state index in [0.717, 1.165) is 5.56 Å². The Bertz CT molecular complexity index is 949. The molecule has 2 amide bonds. The van der Waals surface area contributed by atoms with E-state index in [1.165, 1.54) is 26.5 Å². The number of nitriles is 1. The van der Waals surface area contributed by atoms with Crippen LogP contribution < -0.4 is 9.47 Å². The summed E-state index contributed by atoms with van der Waals surface area (Å²) in [5, 5.41) is 10.0. The van der Waals surface area contributed by atoms with Crippen molar-refractivity contribution in [1.82, 2.24) is 9.80 Å². The number of carbonyl (C=O) groups excluding carboxylic acids is 2. The van der Waals surface area contributed by atoms with Crippen LogP contribution in [0.2, 0.25) is 0 Å². The largest absolute Gasteiger partial charge is 0.454 e. The molecule has 4 atom stereocenters.